The van der Waals surface area contributed by atoms with Crippen LogP contribution in [-0.4, -0.2) is 82.4 Å². The van der Waals surface area contributed by atoms with E-state index in [1.165, 1.54) is 0 Å². The van der Waals surface area contributed by atoms with E-state index < -0.39 is 54.5 Å². The molecule has 29 heavy (non-hydrogen) atoms. The Hall–Kier alpha value is -1.50. The van der Waals surface area contributed by atoms with Crippen LogP contribution in [0.3, 0.4) is 0 Å². The summed E-state index contributed by atoms with van der Waals surface area (Å²) in [6, 6.07) is -4.32. The van der Waals surface area contributed by atoms with Crippen molar-refractivity contribution in [1.82, 2.24) is 16.0 Å². The first kappa shape index (κ1) is 27.5. The smallest absolute Gasteiger partial charge is 0.328 e. The van der Waals surface area contributed by atoms with Gasteiger partial charge >= 0.3 is 5.97 Å². The lowest BCUT2D eigenvalue weighted by Gasteiger charge is -2.27. The number of aliphatic hydroxyl groups excluding tert-OH is 1. The zero-order valence-corrected chi connectivity index (χ0v) is 18.6. The molecule has 0 spiro atoms. The summed E-state index contributed by atoms with van der Waals surface area (Å²) in [5.41, 5.74) is 5.85. The highest BCUT2D eigenvalue weighted by Gasteiger charge is 2.31. The predicted molar refractivity (Wildman–Crippen MR) is 115 cm³/mol. The second-order valence-corrected chi connectivity index (χ2v) is 7.94. The fourth-order valence-corrected chi connectivity index (χ4v) is 3.00. The SMILES string of the molecule is CCC(C)C(NC(=O)C(N)CCSC)C(=O)NC(CS)C(=O)NC(CO)C(=O)O. The Bertz CT molecular complexity index is 566. The number of carboxylic acids is 1. The summed E-state index contributed by atoms with van der Waals surface area (Å²) in [5, 5.41) is 25.2. The molecule has 0 rings (SSSR count). The molecule has 0 saturated heterocycles. The Morgan fingerprint density at radius 2 is 1.66 bits per heavy atom. The number of hydrogen-bond donors (Lipinski definition) is 7. The summed E-state index contributed by atoms with van der Waals surface area (Å²) in [7, 11) is 0. The standard InChI is InChI=1S/C17H32N4O6S2/c1-4-9(2)13(21-14(23)10(18)5-6-29-3)16(25)20-12(8-28)15(24)19-11(7-22)17(26)27/h9-13,22,28H,4-8,18H2,1-3H3,(H,19,24)(H,20,25)(H,21,23)(H,26,27). The zero-order valence-electron chi connectivity index (χ0n) is 16.9. The third-order valence-corrected chi connectivity index (χ3v) is 5.38. The van der Waals surface area contributed by atoms with Gasteiger partial charge < -0.3 is 31.9 Å². The molecular formula is C17H32N4O6S2. The van der Waals surface area contributed by atoms with Gasteiger partial charge in [-0.25, -0.2) is 4.79 Å². The quantitative estimate of drug-likeness (QED) is 0.157. The monoisotopic (exact) mass is 452 g/mol. The number of rotatable bonds is 14. The molecule has 0 aromatic rings. The average molecular weight is 453 g/mol. The Labute approximate surface area is 180 Å². The van der Waals surface area contributed by atoms with Crippen LogP contribution in [-0.2, 0) is 19.2 Å². The number of aliphatic hydroxyl groups is 1. The molecule has 168 valence electrons. The molecule has 3 amide bonds. The van der Waals surface area contributed by atoms with Crippen LogP contribution in [0.4, 0.5) is 0 Å². The molecule has 0 aliphatic carbocycles. The van der Waals surface area contributed by atoms with Gasteiger partial charge in [0.25, 0.3) is 0 Å². The van der Waals surface area contributed by atoms with Gasteiger partial charge in [0.2, 0.25) is 17.7 Å². The van der Waals surface area contributed by atoms with Gasteiger partial charge in [-0.3, -0.25) is 14.4 Å². The van der Waals surface area contributed by atoms with Crippen LogP contribution >= 0.6 is 24.4 Å². The van der Waals surface area contributed by atoms with Crippen molar-refractivity contribution in [3.05, 3.63) is 0 Å². The molecule has 12 heteroatoms. The zero-order chi connectivity index (χ0) is 22.6. The number of carbonyl (C=O) groups is 4. The van der Waals surface area contributed by atoms with Gasteiger partial charge in [-0.2, -0.15) is 24.4 Å². The lowest BCUT2D eigenvalue weighted by atomic mass is 9.97. The van der Waals surface area contributed by atoms with Crippen molar-refractivity contribution >= 4 is 48.1 Å². The molecule has 7 N–H and O–H groups in total. The van der Waals surface area contributed by atoms with Crippen molar-refractivity contribution in [3.63, 3.8) is 0 Å². The minimum absolute atomic E-state index is 0.107. The maximum atomic E-state index is 12.7. The van der Waals surface area contributed by atoms with Gasteiger partial charge in [0.15, 0.2) is 0 Å². The molecule has 0 fully saturated rings. The molecule has 0 aromatic carbocycles. The second-order valence-electron chi connectivity index (χ2n) is 6.59. The van der Waals surface area contributed by atoms with Crippen molar-refractivity contribution in [2.24, 2.45) is 11.7 Å². The molecule has 5 atom stereocenters. The largest absolute Gasteiger partial charge is 0.480 e. The lowest BCUT2D eigenvalue weighted by Crippen LogP contribution is -2.59. The molecule has 0 bridgehead atoms. The van der Waals surface area contributed by atoms with E-state index in [0.29, 0.717) is 18.6 Å². The highest BCUT2D eigenvalue weighted by atomic mass is 32.2. The number of carboxylic acid groups (broad SMARTS) is 1. The lowest BCUT2D eigenvalue weighted by molar-refractivity contribution is -0.143. The first-order chi connectivity index (χ1) is 13.6. The molecule has 10 nitrogen and oxygen atoms in total. The summed E-state index contributed by atoms with van der Waals surface area (Å²) in [6.07, 6.45) is 2.94. The highest BCUT2D eigenvalue weighted by Crippen LogP contribution is 2.10. The van der Waals surface area contributed by atoms with Gasteiger partial charge in [-0.15, -0.1) is 0 Å². The second kappa shape index (κ2) is 14.5. The van der Waals surface area contributed by atoms with Gasteiger partial charge in [-0.05, 0) is 24.3 Å². The Kier molecular flexibility index (Phi) is 13.7. The van der Waals surface area contributed by atoms with E-state index in [4.69, 9.17) is 15.9 Å². The number of thiol groups is 1. The van der Waals surface area contributed by atoms with Gasteiger partial charge in [-0.1, -0.05) is 20.3 Å². The molecular weight excluding hydrogens is 420 g/mol. The molecule has 5 unspecified atom stereocenters. The number of hydrogen-bond acceptors (Lipinski definition) is 8. The summed E-state index contributed by atoms with van der Waals surface area (Å²) < 4.78 is 0. The van der Waals surface area contributed by atoms with E-state index in [1.807, 2.05) is 13.2 Å². The van der Waals surface area contributed by atoms with Crippen molar-refractivity contribution < 1.29 is 29.4 Å². The summed E-state index contributed by atoms with van der Waals surface area (Å²) in [5.74, 6) is -2.92. The van der Waals surface area contributed by atoms with Gasteiger partial charge in [0.05, 0.1) is 12.6 Å². The maximum absolute atomic E-state index is 12.7. The number of aliphatic carboxylic acids is 1. The predicted octanol–water partition coefficient (Wildman–Crippen LogP) is -1.43. The van der Waals surface area contributed by atoms with Crippen LogP contribution in [0.15, 0.2) is 0 Å². The van der Waals surface area contributed by atoms with Crippen molar-refractivity contribution in [2.45, 2.75) is 50.9 Å². The number of nitrogens with one attached hydrogen (secondary N) is 3. The molecule has 0 radical (unpaired) electrons. The fraction of sp³-hybridized carbons (Fsp3) is 0.765. The topological polar surface area (TPSA) is 171 Å². The van der Waals surface area contributed by atoms with Crippen molar-refractivity contribution in [3.8, 4) is 0 Å². The van der Waals surface area contributed by atoms with Crippen LogP contribution < -0.4 is 21.7 Å². The molecule has 0 aliphatic heterocycles. The first-order valence-electron chi connectivity index (χ1n) is 9.22. The van der Waals surface area contributed by atoms with E-state index in [-0.39, 0.29) is 11.7 Å². The van der Waals surface area contributed by atoms with Crippen molar-refractivity contribution in [1.29, 1.82) is 0 Å². The van der Waals surface area contributed by atoms with Crippen LogP contribution in [0.25, 0.3) is 0 Å². The summed E-state index contributed by atoms with van der Waals surface area (Å²) >= 11 is 5.58. The molecule has 0 saturated carbocycles. The number of carbonyl (C=O) groups excluding carboxylic acids is 3. The normalized spacial score (nSPS) is 16.1. The maximum Gasteiger partial charge on any atom is 0.328 e. The van der Waals surface area contributed by atoms with Crippen LogP contribution in [0.2, 0.25) is 0 Å². The van der Waals surface area contributed by atoms with Gasteiger partial charge in [0.1, 0.15) is 18.1 Å². The van der Waals surface area contributed by atoms with E-state index in [1.54, 1.807) is 18.7 Å². The number of thioether (sulfide) groups is 1. The minimum atomic E-state index is -1.50. The van der Waals surface area contributed by atoms with Crippen LogP contribution in [0.5, 0.6) is 0 Å². The van der Waals surface area contributed by atoms with Crippen molar-refractivity contribution in [2.75, 3.05) is 24.4 Å². The molecule has 0 aromatic heterocycles. The summed E-state index contributed by atoms with van der Waals surface area (Å²) in [6.45, 7) is 2.83. The Morgan fingerprint density at radius 3 is 2.10 bits per heavy atom. The van der Waals surface area contributed by atoms with E-state index in [0.717, 1.165) is 0 Å². The summed E-state index contributed by atoms with van der Waals surface area (Å²) in [4.78, 5) is 48.2. The minimum Gasteiger partial charge on any atom is -0.480 e. The first-order valence-corrected chi connectivity index (χ1v) is 11.3. The number of nitrogens with two attached hydrogens (primary N) is 1. The average Bonchev–Trinajstić information content (AvgIpc) is 2.70. The van der Waals surface area contributed by atoms with E-state index in [9.17, 15) is 19.2 Å². The van der Waals surface area contributed by atoms with Crippen LogP contribution in [0, 0.1) is 5.92 Å². The van der Waals surface area contributed by atoms with Gasteiger partial charge in [0, 0.05) is 5.75 Å². The Morgan fingerprint density at radius 1 is 1.07 bits per heavy atom. The van der Waals surface area contributed by atoms with E-state index in [2.05, 4.69) is 28.6 Å². The third-order valence-electron chi connectivity index (χ3n) is 4.38. The highest BCUT2D eigenvalue weighted by molar-refractivity contribution is 7.98. The third kappa shape index (κ3) is 9.70. The van der Waals surface area contributed by atoms with E-state index >= 15 is 0 Å². The Balaban J connectivity index is 5.16. The molecule has 0 aliphatic rings. The molecule has 0 heterocycles. The van der Waals surface area contributed by atoms with Crippen LogP contribution in [0.1, 0.15) is 26.7 Å². The number of amides is 3. The fourth-order valence-electron chi connectivity index (χ4n) is 2.25.